The van der Waals surface area contributed by atoms with E-state index in [1.807, 2.05) is 0 Å². The van der Waals surface area contributed by atoms with Crippen LogP contribution >= 0.6 is 0 Å². The summed E-state index contributed by atoms with van der Waals surface area (Å²) in [5.41, 5.74) is 0. The van der Waals surface area contributed by atoms with Gasteiger partial charge in [-0.3, -0.25) is 0 Å². The average Bonchev–Trinajstić information content (AvgIpc) is 0.811. The van der Waals surface area contributed by atoms with Crippen LogP contribution in [0.1, 0.15) is 6.92 Å². The summed E-state index contributed by atoms with van der Waals surface area (Å²) in [7, 11) is 0. The third kappa shape index (κ3) is 193. The van der Waals surface area contributed by atoms with Gasteiger partial charge in [-0.2, -0.15) is 0 Å². The molecule has 0 saturated heterocycles. The van der Waals surface area contributed by atoms with Crippen molar-refractivity contribution < 1.29 is 61.1 Å². The fraction of sp³-hybridized carbons (Fsp3) is 0.500. The first-order chi connectivity index (χ1) is 1.73. The normalized spacial score (nSPS) is 3.57. The van der Waals surface area contributed by atoms with Crippen LogP contribution in [0.4, 0.5) is 0 Å². The summed E-state index contributed by atoms with van der Waals surface area (Å²) in [6.45, 7) is 0.972. The maximum atomic E-state index is 8.89. The van der Waals surface area contributed by atoms with Crippen LogP contribution < -0.4 is 5.11 Å². The van der Waals surface area contributed by atoms with Crippen molar-refractivity contribution in [2.45, 2.75) is 6.92 Å². The minimum absolute atomic E-state index is 0. The van der Waals surface area contributed by atoms with Crippen LogP contribution in [0.5, 0.6) is 0 Å². The van der Waals surface area contributed by atoms with Crippen LogP contribution in [0.15, 0.2) is 0 Å². The van der Waals surface area contributed by atoms with Gasteiger partial charge in [0.25, 0.3) is 0 Å². The Morgan fingerprint density at radius 2 is 1.57 bits per heavy atom. The van der Waals surface area contributed by atoms with E-state index in [0.29, 0.717) is 0 Å². The predicted octanol–water partition coefficient (Wildman–Crippen LogP) is -1.43. The van der Waals surface area contributed by atoms with Gasteiger partial charge in [-0.05, 0) is 6.92 Å². The Hall–Kier alpha value is 0.936. The maximum absolute atomic E-state index is 8.89. The fourth-order valence-corrected chi connectivity index (χ4v) is 0. The van der Waals surface area contributed by atoms with Crippen LogP contribution in [-0.4, -0.2) is 11.4 Å². The summed E-state index contributed by atoms with van der Waals surface area (Å²) in [4.78, 5) is 8.89. The number of hydrogen-bond acceptors (Lipinski definition) is 3. The van der Waals surface area contributed by atoms with E-state index < -0.39 is 5.97 Å². The Labute approximate surface area is 73.7 Å². The minimum Gasteiger partial charge on any atom is -0.870 e. The summed E-state index contributed by atoms with van der Waals surface area (Å²) < 4.78 is 0. The molecule has 0 amide bonds. The van der Waals surface area contributed by atoms with E-state index in [1.54, 1.807) is 0 Å². The Bertz CT molecular complexity index is 35.9. The molecule has 0 aliphatic heterocycles. The Morgan fingerprint density at radius 3 is 1.57 bits per heavy atom. The predicted molar refractivity (Wildman–Crippen MR) is 12.6 cm³/mol. The van der Waals surface area contributed by atoms with Gasteiger partial charge in [0.15, 0.2) is 0 Å². The largest absolute Gasteiger partial charge is 2.00 e. The van der Waals surface area contributed by atoms with Crippen LogP contribution in [0, 0.1) is 0 Å². The van der Waals surface area contributed by atoms with E-state index in [4.69, 9.17) is 9.90 Å². The molecule has 0 fully saturated rings. The van der Waals surface area contributed by atoms with Gasteiger partial charge in [0.05, 0.1) is 0 Å². The Balaban J connectivity index is -0.0000000150. The first kappa shape index (κ1) is 24.6. The molecule has 0 aliphatic rings. The van der Waals surface area contributed by atoms with Crippen LogP contribution in [0.2, 0.25) is 0 Å². The summed E-state index contributed by atoms with van der Waals surface area (Å²) in [6, 6.07) is 0. The number of carbonyl (C=O) groups is 1. The zero-order valence-corrected chi connectivity index (χ0v) is 9.40. The fourth-order valence-electron chi connectivity index (χ4n) is 0. The third-order valence-electron chi connectivity index (χ3n) is 0. The zero-order valence-electron chi connectivity index (χ0n) is 3.97. The van der Waals surface area contributed by atoms with E-state index >= 15 is 0 Å². The molecule has 0 rings (SSSR count). The van der Waals surface area contributed by atoms with E-state index in [2.05, 4.69) is 0 Å². The van der Waals surface area contributed by atoms with Gasteiger partial charge in [-0.15, -0.1) is 0 Å². The smallest absolute Gasteiger partial charge is 0.870 e. The molecule has 0 aromatic heterocycles. The Morgan fingerprint density at radius 1 is 1.57 bits per heavy atom. The quantitative estimate of drug-likeness (QED) is 0.481. The molecule has 0 heterocycles. The molecule has 3 nitrogen and oxygen atoms in total. The molecular weight excluding hydrogens is 229 g/mol. The van der Waals surface area contributed by atoms with Gasteiger partial charge < -0.3 is 15.4 Å². The van der Waals surface area contributed by atoms with Gasteiger partial charge in [-0.1, -0.05) is 0 Å². The summed E-state index contributed by atoms with van der Waals surface area (Å²) in [5.74, 6) is -1.08. The van der Waals surface area contributed by atoms with Gasteiger partial charge in [0.1, 0.15) is 0 Å². The molecule has 0 atom stereocenters. The summed E-state index contributed by atoms with van der Waals surface area (Å²) in [6.07, 6.45) is 0. The third-order valence-corrected chi connectivity index (χ3v) is 0. The second-order valence-electron chi connectivity index (χ2n) is 0.492. The van der Waals surface area contributed by atoms with Gasteiger partial charge in [-0.25, -0.2) is 0 Å². The van der Waals surface area contributed by atoms with Crippen LogP contribution in [-0.2, 0) is 50.5 Å². The van der Waals surface area contributed by atoms with Crippen molar-refractivity contribution in [3.63, 3.8) is 0 Å². The van der Waals surface area contributed by atoms with Crippen molar-refractivity contribution in [1.29, 1.82) is 0 Å². The van der Waals surface area contributed by atoms with Gasteiger partial charge in [0.2, 0.25) is 0 Å². The monoisotopic (exact) mass is 230 g/mol. The molecule has 0 bridgehead atoms. The van der Waals surface area contributed by atoms with Crippen LogP contribution in [0.3, 0.4) is 0 Å². The molecule has 0 saturated carbocycles. The second-order valence-corrected chi connectivity index (χ2v) is 0.492. The van der Waals surface area contributed by atoms with E-state index in [0.717, 1.165) is 6.92 Å². The number of carboxylic acid groups (broad SMARTS) is 1. The average molecular weight is 233 g/mol. The van der Waals surface area contributed by atoms with Crippen molar-refractivity contribution in [3.8, 4) is 0 Å². The molecule has 0 radical (unpaired) electrons. The molecule has 7 heavy (non-hydrogen) atoms. The Kier molecular flexibility index (Phi) is 55.5. The number of hydrogen-bond donors (Lipinski definition) is 0. The summed E-state index contributed by atoms with van der Waals surface area (Å²) in [5, 5.41) is 8.89. The summed E-state index contributed by atoms with van der Waals surface area (Å²) >= 11 is 0. The molecule has 1 N–H and O–H groups in total. The first-order valence-electron chi connectivity index (χ1n) is 0.908. The number of carboxylic acids is 1. The molecule has 0 aromatic rings. The first-order valence-corrected chi connectivity index (χ1v) is 0.908. The number of aliphatic carboxylic acids is 1. The van der Waals surface area contributed by atoms with Crippen molar-refractivity contribution in [2.75, 3.05) is 0 Å². The minimum atomic E-state index is -1.08. The molecule has 0 aromatic carbocycles. The van der Waals surface area contributed by atoms with E-state index in [9.17, 15) is 0 Å². The van der Waals surface area contributed by atoms with Crippen molar-refractivity contribution >= 4 is 5.97 Å². The van der Waals surface area contributed by atoms with Gasteiger partial charge >= 0.3 is 19.5 Å². The van der Waals surface area contributed by atoms with Crippen molar-refractivity contribution in [2.24, 2.45) is 0 Å². The van der Waals surface area contributed by atoms with Crippen molar-refractivity contribution in [1.82, 2.24) is 0 Å². The molecule has 36 valence electrons. The molecule has 0 aliphatic carbocycles. The molecule has 0 unspecified atom stereocenters. The van der Waals surface area contributed by atoms with Crippen LogP contribution in [0.25, 0.3) is 0 Å². The molecule has 0 spiro atoms. The van der Waals surface area contributed by atoms with Crippen molar-refractivity contribution in [3.05, 3.63) is 0 Å². The topological polar surface area (TPSA) is 70.1 Å². The molecular formula is C2H4O3ZnZr. The SMILES string of the molecule is CC(=O)[O-].[OH-].[Zn+2].[Zr]. The number of rotatable bonds is 0. The maximum Gasteiger partial charge on any atom is 2.00 e. The zero-order chi connectivity index (χ0) is 3.58. The molecule has 5 heteroatoms. The van der Waals surface area contributed by atoms with Gasteiger partial charge in [0, 0.05) is 32.2 Å². The van der Waals surface area contributed by atoms with E-state index in [1.165, 1.54) is 0 Å². The standard InChI is InChI=1S/C2H4O2.H2O.Zn.Zr/c1-2(3)4;;;/h1H3,(H,3,4);1H2;;/q;;+2;/p-2. The van der Waals surface area contributed by atoms with E-state index in [-0.39, 0.29) is 51.2 Å². The second kappa shape index (κ2) is 15.8. The number of carbonyl (C=O) groups excluding carboxylic acids is 1.